The molecule has 0 amide bonds. The Balaban J connectivity index is 0.00000133. The highest BCUT2D eigenvalue weighted by molar-refractivity contribution is 6.36. The van der Waals surface area contributed by atoms with Crippen molar-refractivity contribution in [1.82, 2.24) is 0 Å². The fourth-order valence-corrected chi connectivity index (χ4v) is 2.84. The zero-order valence-corrected chi connectivity index (χ0v) is 12.5. The fraction of sp³-hybridized carbons (Fsp3) is 0.214. The summed E-state index contributed by atoms with van der Waals surface area (Å²) < 4.78 is 2.24. The molecule has 0 radical (unpaired) electrons. The second-order valence-electron chi connectivity index (χ2n) is 4.37. The molecular weight excluding hydrogens is 303 g/mol. The maximum atomic E-state index is 6.22. The standard InChI is InChI=1S/C14H13Cl2N2.ClH/c15-12-4-3-5-13(16)11(12)10-18-9-8-17-7-2-1-6-14(17)18;/h1-7H,8-10H2;1H/q+1;/p-1. The molecule has 0 spiro atoms. The molecule has 0 aliphatic carbocycles. The largest absolute Gasteiger partial charge is 1.00 e. The van der Waals surface area contributed by atoms with Crippen LogP contribution in [0.25, 0.3) is 0 Å². The number of benzene rings is 1. The quantitative estimate of drug-likeness (QED) is 0.723. The van der Waals surface area contributed by atoms with Crippen LogP contribution in [-0.4, -0.2) is 6.54 Å². The van der Waals surface area contributed by atoms with Gasteiger partial charge in [0.1, 0.15) is 19.6 Å². The van der Waals surface area contributed by atoms with E-state index < -0.39 is 0 Å². The molecule has 0 fully saturated rings. The van der Waals surface area contributed by atoms with E-state index in [1.807, 2.05) is 18.2 Å². The zero-order chi connectivity index (χ0) is 12.5. The SMILES string of the molecule is Clc1cccc(Cl)c1CN1CC[n+]2ccccc21.[Cl-]. The zero-order valence-electron chi connectivity index (χ0n) is 10.2. The van der Waals surface area contributed by atoms with Crippen molar-refractivity contribution in [2.24, 2.45) is 0 Å². The number of rotatable bonds is 2. The van der Waals surface area contributed by atoms with Gasteiger partial charge in [-0.25, -0.2) is 4.57 Å². The number of anilines is 1. The first-order chi connectivity index (χ1) is 8.75. The Hall–Kier alpha value is -0.960. The molecular formula is C14H13Cl3N2. The summed E-state index contributed by atoms with van der Waals surface area (Å²) in [5.74, 6) is 1.22. The highest BCUT2D eigenvalue weighted by atomic mass is 35.5. The lowest BCUT2D eigenvalue weighted by Gasteiger charge is -2.12. The summed E-state index contributed by atoms with van der Waals surface area (Å²) in [6.45, 7) is 2.76. The Kier molecular flexibility index (Phi) is 4.56. The molecule has 0 saturated carbocycles. The number of hydrogen-bond donors (Lipinski definition) is 0. The van der Waals surface area contributed by atoms with E-state index in [1.165, 1.54) is 5.82 Å². The minimum absolute atomic E-state index is 0. The van der Waals surface area contributed by atoms with Gasteiger partial charge >= 0.3 is 0 Å². The van der Waals surface area contributed by atoms with Gasteiger partial charge in [0.2, 0.25) is 0 Å². The molecule has 3 rings (SSSR count). The third kappa shape index (κ3) is 2.81. The van der Waals surface area contributed by atoms with Gasteiger partial charge in [0.15, 0.2) is 0 Å². The average Bonchev–Trinajstić information content (AvgIpc) is 2.77. The maximum absolute atomic E-state index is 6.22. The molecule has 1 aromatic carbocycles. The smallest absolute Gasteiger partial charge is 0.277 e. The van der Waals surface area contributed by atoms with E-state index in [2.05, 4.69) is 33.9 Å². The average molecular weight is 316 g/mol. The van der Waals surface area contributed by atoms with Gasteiger partial charge in [-0.1, -0.05) is 35.3 Å². The first kappa shape index (κ1) is 14.4. The van der Waals surface area contributed by atoms with Gasteiger partial charge in [-0.05, 0) is 18.2 Å². The Bertz CT molecular complexity index is 566. The minimum atomic E-state index is 0. The molecule has 0 atom stereocenters. The molecule has 1 aliphatic rings. The Morgan fingerprint density at radius 2 is 1.79 bits per heavy atom. The number of nitrogens with zero attached hydrogens (tertiary/aromatic N) is 2. The van der Waals surface area contributed by atoms with Crippen molar-refractivity contribution >= 4 is 29.0 Å². The van der Waals surface area contributed by atoms with Crippen molar-refractivity contribution in [1.29, 1.82) is 0 Å². The fourth-order valence-electron chi connectivity index (χ4n) is 2.32. The van der Waals surface area contributed by atoms with E-state index in [-0.39, 0.29) is 12.4 Å². The van der Waals surface area contributed by atoms with E-state index in [1.54, 1.807) is 0 Å². The van der Waals surface area contributed by atoms with Crippen LogP contribution in [0.4, 0.5) is 5.82 Å². The Morgan fingerprint density at radius 3 is 2.53 bits per heavy atom. The van der Waals surface area contributed by atoms with E-state index in [0.29, 0.717) is 0 Å². The molecule has 0 unspecified atom stereocenters. The van der Waals surface area contributed by atoms with Crippen molar-refractivity contribution in [2.75, 3.05) is 11.4 Å². The molecule has 0 bridgehead atoms. The Morgan fingerprint density at radius 1 is 1.05 bits per heavy atom. The highest BCUT2D eigenvalue weighted by Gasteiger charge is 2.27. The minimum Gasteiger partial charge on any atom is -1.00 e. The van der Waals surface area contributed by atoms with Crippen LogP contribution in [0.1, 0.15) is 5.56 Å². The van der Waals surface area contributed by atoms with Gasteiger partial charge in [-0.3, -0.25) is 4.90 Å². The molecule has 0 N–H and O–H groups in total. The predicted octanol–water partition coefficient (Wildman–Crippen LogP) is 0.305. The first-order valence-electron chi connectivity index (χ1n) is 5.92. The summed E-state index contributed by atoms with van der Waals surface area (Å²) in [4.78, 5) is 2.30. The van der Waals surface area contributed by atoms with Crippen LogP contribution in [0.3, 0.4) is 0 Å². The summed E-state index contributed by atoms with van der Waals surface area (Å²) >= 11 is 12.4. The van der Waals surface area contributed by atoms with Gasteiger partial charge in [-0.2, -0.15) is 0 Å². The molecule has 19 heavy (non-hydrogen) atoms. The third-order valence-corrected chi connectivity index (χ3v) is 3.97. The number of pyridine rings is 1. The van der Waals surface area contributed by atoms with Crippen LogP contribution in [0.2, 0.25) is 10.0 Å². The number of aromatic nitrogens is 1. The second-order valence-corrected chi connectivity index (χ2v) is 5.19. The monoisotopic (exact) mass is 314 g/mol. The number of halogens is 3. The summed E-state index contributed by atoms with van der Waals surface area (Å²) in [6, 6.07) is 11.9. The van der Waals surface area contributed by atoms with Crippen LogP contribution in [0, 0.1) is 0 Å². The normalized spacial score (nSPS) is 13.1. The summed E-state index contributed by atoms with van der Waals surface area (Å²) in [5, 5.41) is 1.47. The molecule has 2 nitrogen and oxygen atoms in total. The molecule has 1 aromatic heterocycles. The first-order valence-corrected chi connectivity index (χ1v) is 6.67. The molecule has 0 saturated heterocycles. The predicted molar refractivity (Wildman–Crippen MR) is 74.1 cm³/mol. The van der Waals surface area contributed by atoms with E-state index >= 15 is 0 Å². The maximum Gasteiger partial charge on any atom is 0.277 e. The van der Waals surface area contributed by atoms with E-state index in [4.69, 9.17) is 23.2 Å². The lowest BCUT2D eigenvalue weighted by Crippen LogP contribution is -3.00. The van der Waals surface area contributed by atoms with Crippen molar-refractivity contribution in [2.45, 2.75) is 13.1 Å². The Labute approximate surface area is 129 Å². The van der Waals surface area contributed by atoms with Crippen molar-refractivity contribution in [3.63, 3.8) is 0 Å². The lowest BCUT2D eigenvalue weighted by molar-refractivity contribution is -0.671. The van der Waals surface area contributed by atoms with Crippen LogP contribution in [0.5, 0.6) is 0 Å². The molecule has 100 valence electrons. The summed E-state index contributed by atoms with van der Waals surface area (Å²) in [5.41, 5.74) is 0.998. The van der Waals surface area contributed by atoms with Crippen molar-refractivity contribution < 1.29 is 17.0 Å². The number of fused-ring (bicyclic) bond motifs is 1. The summed E-state index contributed by atoms with van der Waals surface area (Å²) in [6.07, 6.45) is 2.10. The second kappa shape index (κ2) is 6.00. The van der Waals surface area contributed by atoms with Gasteiger partial charge < -0.3 is 12.4 Å². The van der Waals surface area contributed by atoms with Crippen molar-refractivity contribution in [3.8, 4) is 0 Å². The van der Waals surface area contributed by atoms with E-state index in [0.717, 1.165) is 35.2 Å². The van der Waals surface area contributed by atoms with E-state index in [9.17, 15) is 0 Å². The van der Waals surface area contributed by atoms with Gasteiger partial charge in [0.05, 0.1) is 6.20 Å². The molecule has 1 aliphatic heterocycles. The molecule has 2 heterocycles. The van der Waals surface area contributed by atoms with Crippen LogP contribution in [-0.2, 0) is 13.1 Å². The van der Waals surface area contributed by atoms with Gasteiger partial charge in [-0.15, -0.1) is 0 Å². The lowest BCUT2D eigenvalue weighted by atomic mass is 10.2. The van der Waals surface area contributed by atoms with Crippen LogP contribution < -0.4 is 21.9 Å². The van der Waals surface area contributed by atoms with Gasteiger partial charge in [0, 0.05) is 21.7 Å². The molecule has 2 aromatic rings. The van der Waals surface area contributed by atoms with Crippen LogP contribution in [0.15, 0.2) is 42.6 Å². The molecule has 5 heteroatoms. The topological polar surface area (TPSA) is 7.12 Å². The third-order valence-electron chi connectivity index (χ3n) is 3.26. The highest BCUT2D eigenvalue weighted by Crippen LogP contribution is 2.27. The van der Waals surface area contributed by atoms with Crippen molar-refractivity contribution in [3.05, 3.63) is 58.2 Å². The number of hydrogen-bond acceptors (Lipinski definition) is 1. The van der Waals surface area contributed by atoms with Crippen LogP contribution >= 0.6 is 23.2 Å². The van der Waals surface area contributed by atoms with Gasteiger partial charge in [0.25, 0.3) is 5.82 Å². The summed E-state index contributed by atoms with van der Waals surface area (Å²) in [7, 11) is 0.